The van der Waals surface area contributed by atoms with Crippen molar-refractivity contribution in [3.63, 3.8) is 0 Å². The largest absolute Gasteiger partial charge is 0.368 e. The lowest BCUT2D eigenvalue weighted by Crippen LogP contribution is -2.30. The van der Waals surface area contributed by atoms with Gasteiger partial charge in [0.2, 0.25) is 17.8 Å². The van der Waals surface area contributed by atoms with Crippen LogP contribution in [0.3, 0.4) is 0 Å². The van der Waals surface area contributed by atoms with Gasteiger partial charge in [-0.2, -0.15) is 15.0 Å². The highest BCUT2D eigenvalue weighted by molar-refractivity contribution is 5.92. The van der Waals surface area contributed by atoms with E-state index >= 15 is 0 Å². The predicted molar refractivity (Wildman–Crippen MR) is 115 cm³/mol. The quantitative estimate of drug-likeness (QED) is 0.542. The molecule has 0 spiro atoms. The van der Waals surface area contributed by atoms with Crippen molar-refractivity contribution in [2.75, 3.05) is 30.0 Å². The van der Waals surface area contributed by atoms with Gasteiger partial charge in [-0.1, -0.05) is 43.3 Å². The van der Waals surface area contributed by atoms with Crippen LogP contribution in [0.1, 0.15) is 18.3 Å². The highest BCUT2D eigenvalue weighted by atomic mass is 16.2. The molecule has 0 aliphatic carbocycles. The standard InChI is InChI=1S/C21H25N7O/c1-3-15-9-7-8-12-17(15)24-21-26-18(25-20(22)27-21)13-28(2)14-19(29)23-16-10-5-4-6-11-16/h4-12H,3,13-14H2,1-2H3,(H,23,29)(H3,22,24,25,26,27). The number of aromatic nitrogens is 3. The SMILES string of the molecule is CCc1ccccc1Nc1nc(N)nc(CN(C)CC(=O)Nc2ccccc2)n1. The third-order valence-corrected chi connectivity index (χ3v) is 4.23. The van der Waals surface area contributed by atoms with Gasteiger partial charge in [0.1, 0.15) is 5.82 Å². The van der Waals surface area contributed by atoms with E-state index in [1.165, 1.54) is 0 Å². The summed E-state index contributed by atoms with van der Waals surface area (Å²) in [5.74, 6) is 0.893. The second kappa shape index (κ2) is 9.61. The highest BCUT2D eigenvalue weighted by Gasteiger charge is 2.12. The fourth-order valence-electron chi connectivity index (χ4n) is 2.90. The molecule has 0 bridgehead atoms. The molecule has 4 N–H and O–H groups in total. The van der Waals surface area contributed by atoms with E-state index < -0.39 is 0 Å². The molecule has 0 atom stereocenters. The summed E-state index contributed by atoms with van der Waals surface area (Å²) in [5, 5.41) is 6.07. The van der Waals surface area contributed by atoms with Crippen molar-refractivity contribution in [3.05, 3.63) is 66.0 Å². The second-order valence-electron chi connectivity index (χ2n) is 6.66. The molecule has 0 saturated heterocycles. The molecule has 0 saturated carbocycles. The second-order valence-corrected chi connectivity index (χ2v) is 6.66. The molecular weight excluding hydrogens is 366 g/mol. The first-order chi connectivity index (χ1) is 14.0. The smallest absolute Gasteiger partial charge is 0.238 e. The van der Waals surface area contributed by atoms with Gasteiger partial charge in [0.15, 0.2) is 0 Å². The fourth-order valence-corrected chi connectivity index (χ4v) is 2.90. The van der Waals surface area contributed by atoms with Gasteiger partial charge in [0, 0.05) is 11.4 Å². The van der Waals surface area contributed by atoms with Crippen LogP contribution in [0.5, 0.6) is 0 Å². The van der Waals surface area contributed by atoms with E-state index in [4.69, 9.17) is 5.73 Å². The Kier molecular flexibility index (Phi) is 6.70. The molecule has 0 fully saturated rings. The van der Waals surface area contributed by atoms with Crippen molar-refractivity contribution in [2.45, 2.75) is 19.9 Å². The molecule has 1 aromatic heterocycles. The Hall–Kier alpha value is -3.52. The van der Waals surface area contributed by atoms with Crippen molar-refractivity contribution in [2.24, 2.45) is 0 Å². The number of nitrogens with two attached hydrogens (primary N) is 1. The average Bonchev–Trinajstić information content (AvgIpc) is 2.68. The molecular formula is C21H25N7O. The number of rotatable bonds is 8. The maximum Gasteiger partial charge on any atom is 0.238 e. The van der Waals surface area contributed by atoms with Crippen LogP contribution in [0.4, 0.5) is 23.3 Å². The zero-order chi connectivity index (χ0) is 20.6. The van der Waals surface area contributed by atoms with E-state index in [-0.39, 0.29) is 18.4 Å². The number of likely N-dealkylation sites (N-methyl/N-ethyl adjacent to an activating group) is 1. The van der Waals surface area contributed by atoms with E-state index in [0.717, 1.165) is 23.4 Å². The zero-order valence-corrected chi connectivity index (χ0v) is 16.6. The number of benzene rings is 2. The summed E-state index contributed by atoms with van der Waals surface area (Å²) in [6.07, 6.45) is 0.885. The lowest BCUT2D eigenvalue weighted by atomic mass is 10.1. The number of para-hydroxylation sites is 2. The Bertz CT molecular complexity index is 962. The lowest BCUT2D eigenvalue weighted by molar-refractivity contribution is -0.117. The van der Waals surface area contributed by atoms with E-state index in [1.807, 2.05) is 66.5 Å². The summed E-state index contributed by atoms with van der Waals surface area (Å²) < 4.78 is 0. The van der Waals surface area contributed by atoms with Crippen molar-refractivity contribution in [1.82, 2.24) is 19.9 Å². The Labute approximate surface area is 170 Å². The summed E-state index contributed by atoms with van der Waals surface area (Å²) in [4.78, 5) is 26.8. The number of amides is 1. The molecule has 29 heavy (non-hydrogen) atoms. The van der Waals surface area contributed by atoms with Gasteiger partial charge >= 0.3 is 0 Å². The van der Waals surface area contributed by atoms with Crippen LogP contribution in [-0.2, 0) is 17.8 Å². The van der Waals surface area contributed by atoms with Crippen LogP contribution in [0.2, 0.25) is 0 Å². The maximum absolute atomic E-state index is 12.2. The van der Waals surface area contributed by atoms with E-state index in [9.17, 15) is 4.79 Å². The first kappa shape index (κ1) is 20.2. The summed E-state index contributed by atoms with van der Waals surface area (Å²) in [5.41, 5.74) is 8.71. The number of nitrogens with zero attached hydrogens (tertiary/aromatic N) is 4. The summed E-state index contributed by atoms with van der Waals surface area (Å²) in [6.45, 7) is 2.64. The third kappa shape index (κ3) is 5.98. The highest BCUT2D eigenvalue weighted by Crippen LogP contribution is 2.19. The first-order valence-corrected chi connectivity index (χ1v) is 9.42. The molecule has 0 unspecified atom stereocenters. The number of hydrogen-bond donors (Lipinski definition) is 3. The van der Waals surface area contributed by atoms with E-state index in [2.05, 4.69) is 32.5 Å². The minimum absolute atomic E-state index is 0.115. The van der Waals surface area contributed by atoms with Gasteiger partial charge in [-0.3, -0.25) is 9.69 Å². The van der Waals surface area contributed by atoms with Gasteiger partial charge in [-0.25, -0.2) is 0 Å². The fraction of sp³-hybridized carbons (Fsp3) is 0.238. The summed E-state index contributed by atoms with van der Waals surface area (Å²) >= 11 is 0. The number of carbonyl (C=O) groups is 1. The number of nitrogens with one attached hydrogen (secondary N) is 2. The molecule has 2 aromatic carbocycles. The Morgan fingerprint density at radius 2 is 1.76 bits per heavy atom. The van der Waals surface area contributed by atoms with Gasteiger partial charge in [-0.15, -0.1) is 0 Å². The van der Waals surface area contributed by atoms with Crippen molar-refractivity contribution in [1.29, 1.82) is 0 Å². The normalized spacial score (nSPS) is 10.7. The Balaban J connectivity index is 1.64. The summed E-state index contributed by atoms with van der Waals surface area (Å²) in [6, 6.07) is 17.3. The van der Waals surface area contributed by atoms with Crippen molar-refractivity contribution in [3.8, 4) is 0 Å². The van der Waals surface area contributed by atoms with Crippen LogP contribution in [0.15, 0.2) is 54.6 Å². The number of carbonyl (C=O) groups excluding carboxylic acids is 1. The van der Waals surface area contributed by atoms with Gasteiger partial charge in [0.25, 0.3) is 0 Å². The Morgan fingerprint density at radius 3 is 2.52 bits per heavy atom. The first-order valence-electron chi connectivity index (χ1n) is 9.42. The third-order valence-electron chi connectivity index (χ3n) is 4.23. The molecule has 8 nitrogen and oxygen atoms in total. The molecule has 0 aliphatic rings. The molecule has 3 aromatic rings. The zero-order valence-electron chi connectivity index (χ0n) is 16.6. The van der Waals surface area contributed by atoms with E-state index in [0.29, 0.717) is 18.3 Å². The number of aryl methyl sites for hydroxylation is 1. The molecule has 0 radical (unpaired) electrons. The molecule has 8 heteroatoms. The van der Waals surface area contributed by atoms with Crippen LogP contribution >= 0.6 is 0 Å². The number of hydrogen-bond acceptors (Lipinski definition) is 7. The molecule has 1 amide bonds. The van der Waals surface area contributed by atoms with Crippen LogP contribution < -0.4 is 16.4 Å². The molecule has 3 rings (SSSR count). The molecule has 0 aliphatic heterocycles. The maximum atomic E-state index is 12.2. The van der Waals surface area contributed by atoms with Gasteiger partial charge in [-0.05, 0) is 37.2 Å². The lowest BCUT2D eigenvalue weighted by Gasteiger charge is -2.16. The monoisotopic (exact) mass is 391 g/mol. The number of nitrogen functional groups attached to an aromatic ring is 1. The van der Waals surface area contributed by atoms with Crippen molar-refractivity contribution < 1.29 is 4.79 Å². The topological polar surface area (TPSA) is 109 Å². The van der Waals surface area contributed by atoms with Crippen LogP contribution in [0.25, 0.3) is 0 Å². The molecule has 150 valence electrons. The minimum Gasteiger partial charge on any atom is -0.368 e. The average molecular weight is 391 g/mol. The van der Waals surface area contributed by atoms with Crippen LogP contribution in [-0.4, -0.2) is 39.4 Å². The minimum atomic E-state index is -0.115. The van der Waals surface area contributed by atoms with Gasteiger partial charge < -0.3 is 16.4 Å². The van der Waals surface area contributed by atoms with Crippen LogP contribution in [0, 0.1) is 0 Å². The predicted octanol–water partition coefficient (Wildman–Crippen LogP) is 2.83. The Morgan fingerprint density at radius 1 is 1.03 bits per heavy atom. The van der Waals surface area contributed by atoms with E-state index in [1.54, 1.807) is 0 Å². The van der Waals surface area contributed by atoms with Gasteiger partial charge in [0.05, 0.1) is 13.1 Å². The number of anilines is 4. The molecule has 1 heterocycles. The summed E-state index contributed by atoms with van der Waals surface area (Å²) in [7, 11) is 1.82. The van der Waals surface area contributed by atoms with Crippen molar-refractivity contribution >= 4 is 29.2 Å².